The van der Waals surface area contributed by atoms with Gasteiger partial charge in [-0.1, -0.05) is 50.1 Å². The monoisotopic (exact) mass is 264 g/mol. The Bertz CT molecular complexity index is 332. The number of hydrogen-bond donors (Lipinski definition) is 0. The fraction of sp³-hybridized carbons (Fsp3) is 0.647. The molecule has 0 unspecified atom stereocenters. The van der Waals surface area contributed by atoms with Crippen LogP contribution in [0.3, 0.4) is 0 Å². The van der Waals surface area contributed by atoms with Gasteiger partial charge in [0.15, 0.2) is 5.79 Å². The van der Waals surface area contributed by atoms with Crippen molar-refractivity contribution in [1.29, 1.82) is 0 Å². The molecule has 0 aromatic heterocycles. The van der Waals surface area contributed by atoms with Crippen molar-refractivity contribution >= 4 is 0 Å². The highest BCUT2D eigenvalue weighted by Gasteiger charge is 2.19. The van der Waals surface area contributed by atoms with E-state index < -0.39 is 5.79 Å². The van der Waals surface area contributed by atoms with E-state index in [1.165, 1.54) is 24.8 Å². The molecule has 0 heterocycles. The number of methoxy groups -OCH3 is 1. The maximum Gasteiger partial charge on any atom is 0.162 e. The first-order valence-corrected chi connectivity index (χ1v) is 7.30. The molecule has 1 rings (SSSR count). The standard InChI is InChI=1S/C17H28O2/c1-5-6-10-16(14-19-17(2,3)18-4)13-15-11-8-7-9-12-15/h7-9,11-12,16H,5-6,10,13-14H2,1-4H3/t16-/m0/s1. The van der Waals surface area contributed by atoms with E-state index >= 15 is 0 Å². The third-order valence-electron chi connectivity index (χ3n) is 3.49. The van der Waals surface area contributed by atoms with Crippen molar-refractivity contribution in [1.82, 2.24) is 0 Å². The van der Waals surface area contributed by atoms with Crippen LogP contribution < -0.4 is 0 Å². The lowest BCUT2D eigenvalue weighted by atomic mass is 9.95. The zero-order valence-electron chi connectivity index (χ0n) is 12.8. The maximum atomic E-state index is 5.89. The summed E-state index contributed by atoms with van der Waals surface area (Å²) in [5, 5.41) is 0. The highest BCUT2D eigenvalue weighted by atomic mass is 16.7. The molecule has 0 N–H and O–H groups in total. The van der Waals surface area contributed by atoms with E-state index in [1.807, 2.05) is 13.8 Å². The lowest BCUT2D eigenvalue weighted by Crippen LogP contribution is -2.30. The summed E-state index contributed by atoms with van der Waals surface area (Å²) >= 11 is 0. The van der Waals surface area contributed by atoms with Crippen molar-refractivity contribution in [2.45, 2.75) is 52.2 Å². The summed E-state index contributed by atoms with van der Waals surface area (Å²) in [5.41, 5.74) is 1.39. The van der Waals surface area contributed by atoms with Gasteiger partial charge in [0.05, 0.1) is 6.61 Å². The predicted molar refractivity (Wildman–Crippen MR) is 80.2 cm³/mol. The molecule has 0 radical (unpaired) electrons. The van der Waals surface area contributed by atoms with Gasteiger partial charge in [0.1, 0.15) is 0 Å². The molecule has 0 saturated carbocycles. The van der Waals surface area contributed by atoms with Crippen molar-refractivity contribution in [3.8, 4) is 0 Å². The highest BCUT2D eigenvalue weighted by Crippen LogP contribution is 2.19. The number of benzene rings is 1. The fourth-order valence-corrected chi connectivity index (χ4v) is 2.06. The lowest BCUT2D eigenvalue weighted by molar-refractivity contribution is -0.203. The van der Waals surface area contributed by atoms with Gasteiger partial charge in [0.25, 0.3) is 0 Å². The number of ether oxygens (including phenoxy) is 2. The first-order valence-electron chi connectivity index (χ1n) is 7.30. The van der Waals surface area contributed by atoms with Crippen LogP contribution in [-0.4, -0.2) is 19.5 Å². The Labute approximate surface area is 118 Å². The summed E-state index contributed by atoms with van der Waals surface area (Å²) in [5.74, 6) is 0.0815. The van der Waals surface area contributed by atoms with E-state index in [1.54, 1.807) is 7.11 Å². The minimum atomic E-state index is -0.485. The molecule has 1 aromatic carbocycles. The molecule has 0 bridgehead atoms. The summed E-state index contributed by atoms with van der Waals surface area (Å²) in [6, 6.07) is 10.7. The average molecular weight is 264 g/mol. The minimum absolute atomic E-state index is 0.485. The molecular formula is C17H28O2. The summed E-state index contributed by atoms with van der Waals surface area (Å²) < 4.78 is 11.2. The van der Waals surface area contributed by atoms with E-state index in [-0.39, 0.29) is 0 Å². The molecule has 0 aliphatic carbocycles. The molecule has 0 fully saturated rings. The molecule has 0 aliphatic heterocycles. The molecule has 0 amide bonds. The summed E-state index contributed by atoms with van der Waals surface area (Å²) in [7, 11) is 1.69. The number of hydrogen-bond acceptors (Lipinski definition) is 2. The van der Waals surface area contributed by atoms with Gasteiger partial charge in [-0.2, -0.15) is 0 Å². The maximum absolute atomic E-state index is 5.89. The third kappa shape index (κ3) is 6.74. The van der Waals surface area contributed by atoms with Gasteiger partial charge in [-0.05, 0) is 38.2 Å². The first kappa shape index (κ1) is 16.2. The Morgan fingerprint density at radius 2 is 1.84 bits per heavy atom. The normalized spacial score (nSPS) is 13.5. The zero-order valence-corrected chi connectivity index (χ0v) is 12.8. The second-order valence-corrected chi connectivity index (χ2v) is 5.61. The van der Waals surface area contributed by atoms with Crippen LogP contribution >= 0.6 is 0 Å². The summed E-state index contributed by atoms with van der Waals surface area (Å²) in [4.78, 5) is 0. The molecule has 1 atom stereocenters. The Morgan fingerprint density at radius 1 is 1.16 bits per heavy atom. The van der Waals surface area contributed by atoms with E-state index in [0.29, 0.717) is 5.92 Å². The Kier molecular flexibility index (Phi) is 7.11. The first-order chi connectivity index (χ1) is 9.07. The molecule has 0 saturated heterocycles. The lowest BCUT2D eigenvalue weighted by Gasteiger charge is -2.27. The second-order valence-electron chi connectivity index (χ2n) is 5.61. The molecule has 2 nitrogen and oxygen atoms in total. The largest absolute Gasteiger partial charge is 0.354 e. The van der Waals surface area contributed by atoms with Gasteiger partial charge in [-0.15, -0.1) is 0 Å². The number of unbranched alkanes of at least 4 members (excludes halogenated alkanes) is 1. The van der Waals surface area contributed by atoms with Crippen LogP contribution in [0.25, 0.3) is 0 Å². The Hall–Kier alpha value is -0.860. The Morgan fingerprint density at radius 3 is 2.42 bits per heavy atom. The summed E-state index contributed by atoms with van der Waals surface area (Å²) in [6.07, 6.45) is 4.79. The van der Waals surface area contributed by atoms with Gasteiger partial charge >= 0.3 is 0 Å². The quantitative estimate of drug-likeness (QED) is 0.614. The van der Waals surface area contributed by atoms with Crippen LogP contribution in [0, 0.1) is 5.92 Å². The van der Waals surface area contributed by atoms with Crippen molar-refractivity contribution < 1.29 is 9.47 Å². The van der Waals surface area contributed by atoms with Crippen molar-refractivity contribution in [2.75, 3.05) is 13.7 Å². The molecule has 0 spiro atoms. The van der Waals surface area contributed by atoms with Crippen molar-refractivity contribution in [3.05, 3.63) is 35.9 Å². The third-order valence-corrected chi connectivity index (χ3v) is 3.49. The van der Waals surface area contributed by atoms with Gasteiger partial charge in [-0.25, -0.2) is 0 Å². The molecule has 19 heavy (non-hydrogen) atoms. The van der Waals surface area contributed by atoms with Crippen LogP contribution in [0.4, 0.5) is 0 Å². The van der Waals surface area contributed by atoms with Crippen LogP contribution in [0.2, 0.25) is 0 Å². The topological polar surface area (TPSA) is 18.5 Å². The van der Waals surface area contributed by atoms with Crippen LogP contribution in [0.5, 0.6) is 0 Å². The molecular weight excluding hydrogens is 236 g/mol. The zero-order chi connectivity index (χ0) is 14.1. The minimum Gasteiger partial charge on any atom is -0.354 e. The van der Waals surface area contributed by atoms with Crippen molar-refractivity contribution in [3.63, 3.8) is 0 Å². The van der Waals surface area contributed by atoms with Crippen LogP contribution in [-0.2, 0) is 15.9 Å². The average Bonchev–Trinajstić information content (AvgIpc) is 2.43. The second kappa shape index (κ2) is 8.34. The van der Waals surface area contributed by atoms with Gasteiger partial charge < -0.3 is 9.47 Å². The molecule has 2 heteroatoms. The highest BCUT2D eigenvalue weighted by molar-refractivity contribution is 5.15. The smallest absolute Gasteiger partial charge is 0.162 e. The SMILES string of the molecule is CCCC[C@H](COC(C)(C)OC)Cc1ccccc1. The molecule has 0 aliphatic rings. The van der Waals surface area contributed by atoms with Crippen molar-refractivity contribution in [2.24, 2.45) is 5.92 Å². The van der Waals surface area contributed by atoms with E-state index in [9.17, 15) is 0 Å². The Balaban J connectivity index is 2.52. The summed E-state index contributed by atoms with van der Waals surface area (Å²) in [6.45, 7) is 6.92. The van der Waals surface area contributed by atoms with E-state index in [4.69, 9.17) is 9.47 Å². The van der Waals surface area contributed by atoms with Gasteiger partial charge in [0.2, 0.25) is 0 Å². The van der Waals surface area contributed by atoms with E-state index in [0.717, 1.165) is 13.0 Å². The van der Waals surface area contributed by atoms with E-state index in [2.05, 4.69) is 37.3 Å². The molecule has 1 aromatic rings. The van der Waals surface area contributed by atoms with Gasteiger partial charge in [-0.3, -0.25) is 0 Å². The van der Waals surface area contributed by atoms with Crippen LogP contribution in [0.15, 0.2) is 30.3 Å². The number of rotatable bonds is 9. The van der Waals surface area contributed by atoms with Gasteiger partial charge in [0, 0.05) is 7.11 Å². The van der Waals surface area contributed by atoms with Crippen LogP contribution in [0.1, 0.15) is 45.6 Å². The molecule has 108 valence electrons. The fourth-order valence-electron chi connectivity index (χ4n) is 2.06. The predicted octanol–water partition coefficient (Wildman–Crippen LogP) is 4.43.